The van der Waals surface area contributed by atoms with E-state index in [0.29, 0.717) is 5.66 Å². The molecule has 2 unspecified atom stereocenters. The normalized spacial score (nSPS) is 56.8. The van der Waals surface area contributed by atoms with Crippen LogP contribution in [0.15, 0.2) is 0 Å². The summed E-state index contributed by atoms with van der Waals surface area (Å²) in [4.78, 5) is 0. The van der Waals surface area contributed by atoms with Crippen LogP contribution in [0.25, 0.3) is 0 Å². The molecule has 1 heterocycles. The van der Waals surface area contributed by atoms with Crippen molar-refractivity contribution in [3.8, 4) is 0 Å². The predicted molar refractivity (Wildman–Crippen MR) is 52.6 cm³/mol. The van der Waals surface area contributed by atoms with Crippen LogP contribution in [0, 0.1) is 17.8 Å². The molecule has 0 aromatic rings. The number of hydrogen-bond acceptors (Lipinski definition) is 4. The van der Waals surface area contributed by atoms with Crippen LogP contribution in [0.1, 0.15) is 32.1 Å². The summed E-state index contributed by atoms with van der Waals surface area (Å²) in [6, 6.07) is 0. The van der Waals surface area contributed by atoms with Crippen LogP contribution in [-0.2, 0) is 0 Å². The average Bonchev–Trinajstić information content (AvgIpc) is 2.95. The van der Waals surface area contributed by atoms with Crippen molar-refractivity contribution in [3.63, 3.8) is 0 Å². The van der Waals surface area contributed by atoms with Gasteiger partial charge < -0.3 is 0 Å². The number of hydrazine groups is 2. The molecule has 78 valence electrons. The molecule has 5 aliphatic rings. The van der Waals surface area contributed by atoms with Gasteiger partial charge in [-0.15, -0.1) is 0 Å². The molecule has 4 saturated carbocycles. The van der Waals surface area contributed by atoms with Crippen LogP contribution in [0.2, 0.25) is 0 Å². The van der Waals surface area contributed by atoms with Crippen molar-refractivity contribution in [1.82, 2.24) is 16.3 Å². The number of nitrogens with one attached hydrogen (secondary N) is 3. The van der Waals surface area contributed by atoms with E-state index in [4.69, 9.17) is 5.84 Å². The maximum atomic E-state index is 5.75. The van der Waals surface area contributed by atoms with Crippen molar-refractivity contribution in [2.45, 2.75) is 43.3 Å². The van der Waals surface area contributed by atoms with Crippen LogP contribution < -0.4 is 22.1 Å². The van der Waals surface area contributed by atoms with E-state index >= 15 is 0 Å². The van der Waals surface area contributed by atoms with Gasteiger partial charge in [-0.05, 0) is 49.9 Å². The smallest absolute Gasteiger partial charge is 0.100 e. The highest BCUT2D eigenvalue weighted by molar-refractivity contribution is 5.20. The van der Waals surface area contributed by atoms with Gasteiger partial charge in [0.1, 0.15) is 5.66 Å². The summed E-state index contributed by atoms with van der Waals surface area (Å²) < 4.78 is 0. The number of rotatable bonds is 1. The lowest BCUT2D eigenvalue weighted by Gasteiger charge is -2.59. The summed E-state index contributed by atoms with van der Waals surface area (Å²) in [6.45, 7) is 0. The quantitative estimate of drug-likeness (QED) is 0.265. The molecule has 5 N–H and O–H groups in total. The Morgan fingerprint density at radius 1 is 1.07 bits per heavy atom. The lowest BCUT2D eigenvalue weighted by molar-refractivity contribution is -0.0526. The van der Waals surface area contributed by atoms with E-state index in [0.717, 1.165) is 17.8 Å². The Kier molecular flexibility index (Phi) is 1.24. The Morgan fingerprint density at radius 2 is 1.71 bits per heavy atom. The predicted octanol–water partition coefficient (Wildman–Crippen LogP) is -0.168. The Morgan fingerprint density at radius 3 is 2.21 bits per heavy atom. The highest BCUT2D eigenvalue weighted by Crippen LogP contribution is 2.60. The fourth-order valence-electron chi connectivity index (χ4n) is 4.66. The molecule has 5 rings (SSSR count). The van der Waals surface area contributed by atoms with Crippen molar-refractivity contribution in [1.29, 1.82) is 0 Å². The van der Waals surface area contributed by atoms with Crippen molar-refractivity contribution >= 4 is 0 Å². The van der Waals surface area contributed by atoms with E-state index in [-0.39, 0.29) is 5.54 Å². The minimum atomic E-state index is 0.285. The third-order valence-corrected chi connectivity index (χ3v) is 5.20. The zero-order valence-electron chi connectivity index (χ0n) is 8.34. The zero-order chi connectivity index (χ0) is 9.39. The van der Waals surface area contributed by atoms with Gasteiger partial charge in [0.15, 0.2) is 0 Å². The molecule has 1 aliphatic heterocycles. The second-order valence-electron chi connectivity index (χ2n) is 5.89. The largest absolute Gasteiger partial charge is 0.271 e. The van der Waals surface area contributed by atoms with Gasteiger partial charge in [0.2, 0.25) is 0 Å². The van der Waals surface area contributed by atoms with Gasteiger partial charge >= 0.3 is 0 Å². The van der Waals surface area contributed by atoms with Gasteiger partial charge in [0.25, 0.3) is 0 Å². The lowest BCUT2D eigenvalue weighted by Crippen LogP contribution is -2.66. The van der Waals surface area contributed by atoms with Crippen molar-refractivity contribution in [3.05, 3.63) is 0 Å². The summed E-state index contributed by atoms with van der Waals surface area (Å²) in [6.07, 6.45) is 6.64. The van der Waals surface area contributed by atoms with Gasteiger partial charge in [-0.2, -0.15) is 0 Å². The molecule has 1 spiro atoms. The van der Waals surface area contributed by atoms with Crippen molar-refractivity contribution in [2.75, 3.05) is 0 Å². The molecule has 4 bridgehead atoms. The molecule has 4 heteroatoms. The van der Waals surface area contributed by atoms with Crippen LogP contribution in [0.5, 0.6) is 0 Å². The molecular formula is C10H18N4. The SMILES string of the molecule is NNC12CC3C[C@H](C1)C1(NN1)[C@@H](C3)C2. The fourth-order valence-corrected chi connectivity index (χ4v) is 4.66. The van der Waals surface area contributed by atoms with Gasteiger partial charge in [-0.3, -0.25) is 11.3 Å². The van der Waals surface area contributed by atoms with Gasteiger partial charge in [0, 0.05) is 5.54 Å². The summed E-state index contributed by atoms with van der Waals surface area (Å²) in [5, 5.41) is 0. The second-order valence-corrected chi connectivity index (χ2v) is 5.89. The van der Waals surface area contributed by atoms with E-state index in [9.17, 15) is 0 Å². The third-order valence-electron chi connectivity index (χ3n) is 5.20. The first-order valence-electron chi connectivity index (χ1n) is 5.78. The second kappa shape index (κ2) is 2.16. The van der Waals surface area contributed by atoms with Gasteiger partial charge in [-0.1, -0.05) is 0 Å². The van der Waals surface area contributed by atoms with E-state index in [1.54, 1.807) is 0 Å². The number of hydrogen-bond donors (Lipinski definition) is 4. The zero-order valence-corrected chi connectivity index (χ0v) is 8.34. The van der Waals surface area contributed by atoms with Crippen molar-refractivity contribution < 1.29 is 0 Å². The molecule has 0 radical (unpaired) electrons. The summed E-state index contributed by atoms with van der Waals surface area (Å²) in [7, 11) is 0. The maximum absolute atomic E-state index is 5.75. The number of nitrogens with two attached hydrogens (primary N) is 1. The first-order chi connectivity index (χ1) is 6.76. The standard InChI is InChI=1S/C10H18N4/c11-12-9-3-6-1-7(4-9)10(13-14-10)8(2-6)5-9/h6-8,12-14H,1-5,11H2/t6?,7-,8+,9?. The van der Waals surface area contributed by atoms with Gasteiger partial charge in [-0.25, -0.2) is 10.9 Å². The van der Waals surface area contributed by atoms with Crippen LogP contribution in [0.3, 0.4) is 0 Å². The molecule has 4 nitrogen and oxygen atoms in total. The molecular weight excluding hydrogens is 176 g/mol. The Balaban J connectivity index is 1.75. The molecule has 14 heavy (non-hydrogen) atoms. The van der Waals surface area contributed by atoms with Crippen LogP contribution in [0.4, 0.5) is 0 Å². The molecule has 0 amide bonds. The van der Waals surface area contributed by atoms with E-state index in [1.807, 2.05) is 0 Å². The monoisotopic (exact) mass is 194 g/mol. The Hall–Kier alpha value is -0.160. The maximum Gasteiger partial charge on any atom is 0.100 e. The molecule has 4 aliphatic carbocycles. The first kappa shape index (κ1) is 8.05. The molecule has 4 atom stereocenters. The van der Waals surface area contributed by atoms with E-state index < -0.39 is 0 Å². The van der Waals surface area contributed by atoms with E-state index in [1.165, 1.54) is 32.1 Å². The lowest BCUT2D eigenvalue weighted by atomic mass is 9.50. The summed E-state index contributed by atoms with van der Waals surface area (Å²) in [5.74, 6) is 8.29. The minimum absolute atomic E-state index is 0.285. The Bertz CT molecular complexity index is 268. The molecule has 5 fully saturated rings. The molecule has 0 aromatic heterocycles. The highest BCUT2D eigenvalue weighted by atomic mass is 15.7. The highest BCUT2D eigenvalue weighted by Gasteiger charge is 2.66. The topological polar surface area (TPSA) is 81.9 Å². The summed E-state index contributed by atoms with van der Waals surface area (Å²) >= 11 is 0. The molecule has 1 saturated heterocycles. The first-order valence-corrected chi connectivity index (χ1v) is 5.78. The van der Waals surface area contributed by atoms with E-state index in [2.05, 4.69) is 16.3 Å². The third kappa shape index (κ3) is 0.758. The fraction of sp³-hybridized carbons (Fsp3) is 1.00. The summed E-state index contributed by atoms with van der Waals surface area (Å²) in [5.41, 5.74) is 10.6. The van der Waals surface area contributed by atoms with Crippen LogP contribution in [-0.4, -0.2) is 11.2 Å². The van der Waals surface area contributed by atoms with Gasteiger partial charge in [0.05, 0.1) is 0 Å². The van der Waals surface area contributed by atoms with Crippen LogP contribution >= 0.6 is 0 Å². The molecule has 0 aromatic carbocycles. The Labute approximate surface area is 83.9 Å². The average molecular weight is 194 g/mol. The van der Waals surface area contributed by atoms with Crippen molar-refractivity contribution in [2.24, 2.45) is 23.6 Å². The minimum Gasteiger partial charge on any atom is -0.271 e.